The number of esters is 1. The molecule has 0 aliphatic carbocycles. The highest BCUT2D eigenvalue weighted by Crippen LogP contribution is 2.42. The molecule has 0 fully saturated rings. The highest BCUT2D eigenvalue weighted by molar-refractivity contribution is 6.00. The van der Waals surface area contributed by atoms with Crippen LogP contribution in [0.25, 0.3) is 6.08 Å². The Labute approximate surface area is 176 Å². The van der Waals surface area contributed by atoms with Crippen molar-refractivity contribution < 1.29 is 32.6 Å². The minimum absolute atomic E-state index is 0.137. The zero-order valence-corrected chi connectivity index (χ0v) is 16.5. The molecule has 0 saturated carbocycles. The molecular formula is C21H17F2N3O5. The summed E-state index contributed by atoms with van der Waals surface area (Å²) < 4.78 is 39.5. The highest BCUT2D eigenvalue weighted by atomic mass is 19.3. The molecule has 2 aromatic carbocycles. The summed E-state index contributed by atoms with van der Waals surface area (Å²) in [5, 5.41) is 11.6. The minimum Gasteiger partial charge on any atom is -0.451 e. The summed E-state index contributed by atoms with van der Waals surface area (Å²) in [7, 11) is 3.76. The van der Waals surface area contributed by atoms with Crippen molar-refractivity contribution in [3.63, 3.8) is 0 Å². The number of hydrogen-bond acceptors (Lipinski definition) is 7. The number of ether oxygens (including phenoxy) is 3. The van der Waals surface area contributed by atoms with Gasteiger partial charge in [-0.15, -0.1) is 8.78 Å². The Balaban J connectivity index is 1.57. The molecule has 1 aliphatic rings. The van der Waals surface area contributed by atoms with Crippen molar-refractivity contribution in [3.8, 4) is 17.6 Å². The topological polar surface area (TPSA) is 101 Å². The first-order valence-corrected chi connectivity index (χ1v) is 8.93. The van der Waals surface area contributed by atoms with Crippen molar-refractivity contribution in [1.29, 1.82) is 5.26 Å². The van der Waals surface area contributed by atoms with Crippen LogP contribution < -0.4 is 19.7 Å². The molecule has 1 N–H and O–H groups in total. The molecule has 10 heteroatoms. The molecule has 0 atom stereocenters. The van der Waals surface area contributed by atoms with Gasteiger partial charge in [0.25, 0.3) is 5.91 Å². The van der Waals surface area contributed by atoms with Gasteiger partial charge in [-0.05, 0) is 35.9 Å². The number of hydrogen-bond donors (Lipinski definition) is 1. The smallest absolute Gasteiger partial charge is 0.451 e. The largest absolute Gasteiger partial charge is 0.586 e. The normalized spacial score (nSPS) is 13.8. The number of anilines is 2. The molecule has 8 nitrogen and oxygen atoms in total. The van der Waals surface area contributed by atoms with E-state index in [4.69, 9.17) is 4.74 Å². The Bertz CT molecular complexity index is 1080. The summed E-state index contributed by atoms with van der Waals surface area (Å²) in [6.45, 7) is -0.679. The molecule has 0 aromatic heterocycles. The van der Waals surface area contributed by atoms with Crippen LogP contribution in [0.15, 0.2) is 48.0 Å². The number of halogens is 2. The third-order valence-electron chi connectivity index (χ3n) is 4.08. The summed E-state index contributed by atoms with van der Waals surface area (Å²) in [5.41, 5.74) is 1.41. The van der Waals surface area contributed by atoms with Crippen LogP contribution in [0.2, 0.25) is 0 Å². The van der Waals surface area contributed by atoms with E-state index in [9.17, 15) is 23.6 Å². The average molecular weight is 429 g/mol. The van der Waals surface area contributed by atoms with Crippen LogP contribution in [0.3, 0.4) is 0 Å². The summed E-state index contributed by atoms with van der Waals surface area (Å²) in [6, 6.07) is 12.5. The summed E-state index contributed by atoms with van der Waals surface area (Å²) in [4.78, 5) is 26.0. The maximum Gasteiger partial charge on any atom is 0.586 e. The van der Waals surface area contributed by atoms with Gasteiger partial charge >= 0.3 is 12.3 Å². The minimum atomic E-state index is -3.77. The number of alkyl halides is 2. The lowest BCUT2D eigenvalue weighted by atomic mass is 10.1. The van der Waals surface area contributed by atoms with Crippen molar-refractivity contribution in [3.05, 3.63) is 53.6 Å². The zero-order valence-electron chi connectivity index (χ0n) is 16.5. The van der Waals surface area contributed by atoms with Crippen molar-refractivity contribution in [1.82, 2.24) is 0 Å². The number of carbonyl (C=O) groups is 2. The molecule has 31 heavy (non-hydrogen) atoms. The Kier molecular flexibility index (Phi) is 6.06. The number of fused-ring (bicyclic) bond motifs is 1. The standard InChI is InChI=1S/C21H17F2N3O5/c1-26(2)16-6-3-13(4-7-16)9-14(11-24)20(28)29-12-19(27)25-15-5-8-17-18(10-15)31-21(22,23)30-17/h3-10H,12H2,1-2H3,(H,25,27). The van der Waals surface area contributed by atoms with Crippen molar-refractivity contribution >= 4 is 29.3 Å². The molecule has 0 spiro atoms. The SMILES string of the molecule is CN(C)c1ccc(C=C(C#N)C(=O)OCC(=O)Nc2ccc3c(c2)OC(F)(F)O3)cc1. The van der Waals surface area contributed by atoms with E-state index < -0.39 is 24.8 Å². The van der Waals surface area contributed by atoms with E-state index in [0.717, 1.165) is 11.8 Å². The van der Waals surface area contributed by atoms with Gasteiger partial charge in [-0.25, -0.2) is 4.79 Å². The van der Waals surface area contributed by atoms with Gasteiger partial charge < -0.3 is 24.4 Å². The predicted molar refractivity (Wildman–Crippen MR) is 107 cm³/mol. The second-order valence-corrected chi connectivity index (χ2v) is 6.61. The maximum atomic E-state index is 13.0. The average Bonchev–Trinajstić information content (AvgIpc) is 3.03. The number of nitrogens with one attached hydrogen (secondary N) is 1. The highest BCUT2D eigenvalue weighted by Gasteiger charge is 2.43. The first-order valence-electron chi connectivity index (χ1n) is 8.93. The van der Waals surface area contributed by atoms with Gasteiger partial charge in [-0.1, -0.05) is 12.1 Å². The van der Waals surface area contributed by atoms with Crippen LogP contribution in [0.4, 0.5) is 20.2 Å². The van der Waals surface area contributed by atoms with Gasteiger partial charge in [-0.3, -0.25) is 4.79 Å². The van der Waals surface area contributed by atoms with Crippen molar-refractivity contribution in [2.75, 3.05) is 30.9 Å². The van der Waals surface area contributed by atoms with Gasteiger partial charge in [0.15, 0.2) is 18.1 Å². The molecule has 160 valence electrons. The number of rotatable bonds is 6. The van der Waals surface area contributed by atoms with Gasteiger partial charge in [0, 0.05) is 31.5 Å². The summed E-state index contributed by atoms with van der Waals surface area (Å²) in [6.07, 6.45) is -2.43. The van der Waals surface area contributed by atoms with Gasteiger partial charge in [0.1, 0.15) is 11.6 Å². The van der Waals surface area contributed by atoms with E-state index in [2.05, 4.69) is 14.8 Å². The summed E-state index contributed by atoms with van der Waals surface area (Å²) in [5.74, 6) is -2.11. The van der Waals surface area contributed by atoms with Crippen LogP contribution in [-0.4, -0.2) is 38.9 Å². The fourth-order valence-electron chi connectivity index (χ4n) is 2.60. The van der Waals surface area contributed by atoms with Crippen molar-refractivity contribution in [2.45, 2.75) is 6.29 Å². The third kappa shape index (κ3) is 5.48. The van der Waals surface area contributed by atoms with Crippen LogP contribution in [-0.2, 0) is 14.3 Å². The molecule has 2 aromatic rings. The molecule has 0 unspecified atom stereocenters. The first-order chi connectivity index (χ1) is 14.7. The van der Waals surface area contributed by atoms with E-state index >= 15 is 0 Å². The fraction of sp³-hybridized carbons (Fsp3) is 0.190. The molecule has 0 bridgehead atoms. The number of nitriles is 1. The molecule has 3 rings (SSSR count). The van der Waals surface area contributed by atoms with Crippen LogP contribution >= 0.6 is 0 Å². The molecule has 1 aliphatic heterocycles. The van der Waals surface area contributed by atoms with Crippen molar-refractivity contribution in [2.24, 2.45) is 0 Å². The first kappa shape index (κ1) is 21.6. The number of carbonyl (C=O) groups excluding carboxylic acids is 2. The lowest BCUT2D eigenvalue weighted by molar-refractivity contribution is -0.286. The zero-order chi connectivity index (χ0) is 22.6. The van der Waals surface area contributed by atoms with Crippen LogP contribution in [0.1, 0.15) is 5.56 Å². The Morgan fingerprint density at radius 1 is 1.16 bits per heavy atom. The van der Waals surface area contributed by atoms with Gasteiger partial charge in [0.05, 0.1) is 0 Å². The molecule has 1 amide bonds. The maximum absolute atomic E-state index is 13.0. The molecule has 0 saturated heterocycles. The third-order valence-corrected chi connectivity index (χ3v) is 4.08. The Hall–Kier alpha value is -4.13. The van der Waals surface area contributed by atoms with E-state index in [0.29, 0.717) is 5.56 Å². The second-order valence-electron chi connectivity index (χ2n) is 6.61. The second kappa shape index (κ2) is 8.71. The molecule has 1 heterocycles. The van der Waals surface area contributed by atoms with Gasteiger partial charge in [0.2, 0.25) is 0 Å². The Morgan fingerprint density at radius 3 is 2.48 bits per heavy atom. The van der Waals surface area contributed by atoms with E-state index in [1.807, 2.05) is 31.1 Å². The lowest BCUT2D eigenvalue weighted by Crippen LogP contribution is -2.25. The molecular weight excluding hydrogens is 412 g/mol. The van der Waals surface area contributed by atoms with Crippen LogP contribution in [0, 0.1) is 11.3 Å². The number of benzene rings is 2. The lowest BCUT2D eigenvalue weighted by Gasteiger charge is -2.11. The van der Waals surface area contributed by atoms with E-state index in [1.54, 1.807) is 18.2 Å². The Morgan fingerprint density at radius 2 is 1.84 bits per heavy atom. The quantitative estimate of drug-likeness (QED) is 0.428. The summed E-state index contributed by atoms with van der Waals surface area (Å²) >= 11 is 0. The number of nitrogens with zero attached hydrogens (tertiary/aromatic N) is 2. The van der Waals surface area contributed by atoms with Crippen LogP contribution in [0.5, 0.6) is 11.5 Å². The van der Waals surface area contributed by atoms with E-state index in [1.165, 1.54) is 18.2 Å². The van der Waals surface area contributed by atoms with E-state index in [-0.39, 0.29) is 22.8 Å². The monoisotopic (exact) mass is 429 g/mol. The predicted octanol–water partition coefficient (Wildman–Crippen LogP) is 3.16. The molecule has 0 radical (unpaired) electrons. The number of amides is 1. The van der Waals surface area contributed by atoms with Gasteiger partial charge in [-0.2, -0.15) is 5.26 Å². The fourth-order valence-corrected chi connectivity index (χ4v) is 2.60.